The molecule has 4 heteroatoms. The van der Waals surface area contributed by atoms with E-state index in [9.17, 15) is 8.78 Å². The van der Waals surface area contributed by atoms with Gasteiger partial charge in [-0.05, 0) is 35.4 Å². The van der Waals surface area contributed by atoms with Crippen molar-refractivity contribution in [3.05, 3.63) is 71.3 Å². The van der Waals surface area contributed by atoms with E-state index in [4.69, 9.17) is 11.5 Å². The molecule has 0 saturated carbocycles. The molecule has 2 aromatic rings. The first-order chi connectivity index (χ1) is 8.58. The van der Waals surface area contributed by atoms with Gasteiger partial charge in [0.2, 0.25) is 0 Å². The van der Waals surface area contributed by atoms with Crippen LogP contribution in [0.2, 0.25) is 0 Å². The molecule has 0 radical (unpaired) electrons. The number of benzene rings is 2. The smallest absolute Gasteiger partial charge is 0.123 e. The molecule has 0 amide bonds. The Bertz CT molecular complexity index is 493. The highest BCUT2D eigenvalue weighted by Gasteiger charge is 2.18. The van der Waals surface area contributed by atoms with E-state index in [1.807, 2.05) is 0 Å². The second-order valence-corrected chi connectivity index (χ2v) is 4.16. The van der Waals surface area contributed by atoms with Gasteiger partial charge in [-0.15, -0.1) is 0 Å². The molecule has 2 aromatic carbocycles. The van der Waals surface area contributed by atoms with Gasteiger partial charge in [0.1, 0.15) is 11.6 Å². The Labute approximate surface area is 104 Å². The average molecular weight is 248 g/mol. The van der Waals surface area contributed by atoms with Gasteiger partial charge in [0, 0.05) is 12.1 Å². The Hall–Kier alpha value is -1.78. The van der Waals surface area contributed by atoms with Gasteiger partial charge in [0.15, 0.2) is 0 Å². The monoisotopic (exact) mass is 248 g/mol. The molecular weight excluding hydrogens is 234 g/mol. The largest absolute Gasteiger partial charge is 0.322 e. The topological polar surface area (TPSA) is 52.0 Å². The summed E-state index contributed by atoms with van der Waals surface area (Å²) in [5.74, 6) is -0.733. The third-order valence-electron chi connectivity index (χ3n) is 2.85. The lowest BCUT2D eigenvalue weighted by atomic mass is 9.95. The summed E-state index contributed by atoms with van der Waals surface area (Å²) in [6.45, 7) is 0. The third-order valence-corrected chi connectivity index (χ3v) is 2.85. The van der Waals surface area contributed by atoms with Crippen LogP contribution in [0, 0.1) is 11.6 Å². The van der Waals surface area contributed by atoms with Crippen molar-refractivity contribution < 1.29 is 8.78 Å². The molecule has 0 bridgehead atoms. The van der Waals surface area contributed by atoms with Gasteiger partial charge >= 0.3 is 0 Å². The van der Waals surface area contributed by atoms with Crippen LogP contribution in [0.5, 0.6) is 0 Å². The second-order valence-electron chi connectivity index (χ2n) is 4.16. The number of nitrogens with two attached hydrogens (primary N) is 2. The summed E-state index contributed by atoms with van der Waals surface area (Å²) in [6.07, 6.45) is 0. The number of rotatable bonds is 3. The molecule has 0 aliphatic rings. The Morgan fingerprint density at radius 2 is 1.11 bits per heavy atom. The van der Waals surface area contributed by atoms with Crippen molar-refractivity contribution in [2.45, 2.75) is 12.1 Å². The van der Waals surface area contributed by atoms with E-state index < -0.39 is 12.1 Å². The lowest BCUT2D eigenvalue weighted by molar-refractivity contribution is 0.557. The first kappa shape index (κ1) is 12.7. The van der Waals surface area contributed by atoms with Gasteiger partial charge in [-0.3, -0.25) is 0 Å². The minimum Gasteiger partial charge on any atom is -0.322 e. The standard InChI is InChI=1S/C14H14F2N2/c15-11-5-1-3-9(7-11)13(17)14(18)10-4-2-6-12(16)8-10/h1-8,13-14H,17-18H2/t13-,14-/m1/s1. The van der Waals surface area contributed by atoms with E-state index in [2.05, 4.69) is 0 Å². The SMILES string of the molecule is N[C@H](c1cccc(F)c1)[C@H](N)c1cccc(F)c1. The van der Waals surface area contributed by atoms with Crippen LogP contribution in [-0.2, 0) is 0 Å². The minimum absolute atomic E-state index is 0.366. The molecule has 0 aliphatic heterocycles. The molecule has 0 saturated heterocycles. The lowest BCUT2D eigenvalue weighted by Gasteiger charge is -2.20. The van der Waals surface area contributed by atoms with E-state index in [0.717, 1.165) is 0 Å². The molecule has 0 heterocycles. The van der Waals surface area contributed by atoms with Crippen LogP contribution in [0.4, 0.5) is 8.78 Å². The van der Waals surface area contributed by atoms with Crippen LogP contribution < -0.4 is 11.5 Å². The molecular formula is C14H14F2N2. The molecule has 94 valence electrons. The number of hydrogen-bond acceptors (Lipinski definition) is 2. The van der Waals surface area contributed by atoms with E-state index >= 15 is 0 Å². The Morgan fingerprint density at radius 3 is 1.44 bits per heavy atom. The highest BCUT2D eigenvalue weighted by Crippen LogP contribution is 2.25. The quantitative estimate of drug-likeness (QED) is 0.877. The molecule has 4 N–H and O–H groups in total. The molecule has 0 fully saturated rings. The third kappa shape index (κ3) is 2.72. The van der Waals surface area contributed by atoms with Crippen LogP contribution in [0.3, 0.4) is 0 Å². The molecule has 18 heavy (non-hydrogen) atoms. The summed E-state index contributed by atoms with van der Waals surface area (Å²) in [5.41, 5.74) is 13.1. The Balaban J connectivity index is 2.26. The van der Waals surface area contributed by atoms with Gasteiger partial charge in [0.25, 0.3) is 0 Å². The van der Waals surface area contributed by atoms with Gasteiger partial charge < -0.3 is 11.5 Å². The van der Waals surface area contributed by atoms with Crippen LogP contribution in [-0.4, -0.2) is 0 Å². The maximum absolute atomic E-state index is 13.1. The van der Waals surface area contributed by atoms with Gasteiger partial charge in [0.05, 0.1) is 0 Å². The van der Waals surface area contributed by atoms with Crippen molar-refractivity contribution in [1.29, 1.82) is 0 Å². The van der Waals surface area contributed by atoms with Crippen molar-refractivity contribution >= 4 is 0 Å². The molecule has 0 unspecified atom stereocenters. The number of halogens is 2. The first-order valence-corrected chi connectivity index (χ1v) is 5.60. The molecule has 0 spiro atoms. The van der Waals surface area contributed by atoms with Gasteiger partial charge in [-0.1, -0.05) is 24.3 Å². The summed E-state index contributed by atoms with van der Waals surface area (Å²) in [4.78, 5) is 0. The van der Waals surface area contributed by atoms with Crippen molar-refractivity contribution in [2.75, 3.05) is 0 Å². The van der Waals surface area contributed by atoms with Crippen molar-refractivity contribution in [2.24, 2.45) is 11.5 Å². The fraction of sp³-hybridized carbons (Fsp3) is 0.143. The molecule has 0 aliphatic carbocycles. The van der Waals surface area contributed by atoms with Crippen molar-refractivity contribution in [3.8, 4) is 0 Å². The second kappa shape index (κ2) is 5.25. The lowest BCUT2D eigenvalue weighted by Crippen LogP contribution is -2.26. The van der Waals surface area contributed by atoms with Crippen LogP contribution in [0.1, 0.15) is 23.2 Å². The molecule has 2 atom stereocenters. The maximum Gasteiger partial charge on any atom is 0.123 e. The predicted octanol–water partition coefficient (Wildman–Crippen LogP) is 2.66. The van der Waals surface area contributed by atoms with E-state index in [1.54, 1.807) is 24.3 Å². The zero-order valence-electron chi connectivity index (χ0n) is 9.68. The van der Waals surface area contributed by atoms with E-state index in [-0.39, 0.29) is 11.6 Å². The fourth-order valence-electron chi connectivity index (χ4n) is 1.84. The molecule has 2 nitrogen and oxygen atoms in total. The molecule has 0 aromatic heterocycles. The Morgan fingerprint density at radius 1 is 0.722 bits per heavy atom. The predicted molar refractivity (Wildman–Crippen MR) is 66.7 cm³/mol. The van der Waals surface area contributed by atoms with Gasteiger partial charge in [-0.2, -0.15) is 0 Å². The van der Waals surface area contributed by atoms with Gasteiger partial charge in [-0.25, -0.2) is 8.78 Å². The maximum atomic E-state index is 13.1. The van der Waals surface area contributed by atoms with E-state index in [1.165, 1.54) is 24.3 Å². The zero-order chi connectivity index (χ0) is 13.1. The first-order valence-electron chi connectivity index (χ1n) is 5.60. The van der Waals surface area contributed by atoms with E-state index in [0.29, 0.717) is 11.1 Å². The van der Waals surface area contributed by atoms with Crippen molar-refractivity contribution in [3.63, 3.8) is 0 Å². The summed E-state index contributed by atoms with van der Waals surface area (Å²) in [7, 11) is 0. The summed E-state index contributed by atoms with van der Waals surface area (Å²) in [6, 6.07) is 10.7. The summed E-state index contributed by atoms with van der Waals surface area (Å²) < 4.78 is 26.2. The number of hydrogen-bond donors (Lipinski definition) is 2. The zero-order valence-corrected chi connectivity index (χ0v) is 9.68. The van der Waals surface area contributed by atoms with Crippen LogP contribution >= 0.6 is 0 Å². The fourth-order valence-corrected chi connectivity index (χ4v) is 1.84. The normalized spacial score (nSPS) is 14.2. The highest BCUT2D eigenvalue weighted by atomic mass is 19.1. The average Bonchev–Trinajstić information content (AvgIpc) is 2.37. The van der Waals surface area contributed by atoms with Crippen LogP contribution in [0.15, 0.2) is 48.5 Å². The molecule has 2 rings (SSSR count). The summed E-state index contributed by atoms with van der Waals surface area (Å²) in [5, 5.41) is 0. The minimum atomic E-state index is -0.581. The van der Waals surface area contributed by atoms with Crippen molar-refractivity contribution in [1.82, 2.24) is 0 Å². The highest BCUT2D eigenvalue weighted by molar-refractivity contribution is 5.27. The Kier molecular flexibility index (Phi) is 3.69. The van der Waals surface area contributed by atoms with Crippen LogP contribution in [0.25, 0.3) is 0 Å². The summed E-state index contributed by atoms with van der Waals surface area (Å²) >= 11 is 0.